The lowest BCUT2D eigenvalue weighted by Crippen LogP contribution is -2.56. The van der Waals surface area contributed by atoms with E-state index < -0.39 is 80.5 Å². The lowest BCUT2D eigenvalue weighted by molar-refractivity contribution is -0.472. The second-order valence-corrected chi connectivity index (χ2v) is 6.63. The zero-order chi connectivity index (χ0) is 31.0. The fourth-order valence-electron chi connectivity index (χ4n) is 1.66. The highest BCUT2D eigenvalue weighted by Crippen LogP contribution is 2.50. The molecule has 0 saturated heterocycles. The van der Waals surface area contributed by atoms with Gasteiger partial charge in [-0.2, -0.15) is 79.0 Å². The smallest absolute Gasteiger partial charge is 0.313 e. The molecule has 0 fully saturated rings. The van der Waals surface area contributed by atoms with E-state index >= 15 is 0 Å². The van der Waals surface area contributed by atoms with Gasteiger partial charge in [0.15, 0.2) is 0 Å². The molecule has 0 bridgehead atoms. The molecular weight excluding hydrogens is 612 g/mol. The van der Waals surface area contributed by atoms with E-state index in [4.69, 9.17) is 0 Å². The molecule has 230 valence electrons. The molecule has 0 aromatic carbocycles. The van der Waals surface area contributed by atoms with Crippen molar-refractivity contribution in [1.82, 2.24) is 0 Å². The Bertz CT molecular complexity index is 762. The maximum absolute atomic E-state index is 13.5. The SMILES string of the molecule is CCC(COC(F)(F)C(F)OC(F)(F)C(F)(F)C(F)(F)F)OC(F)(F)C(F)OC(F)(F)C(F)(F)C(F)(F)F. The summed E-state index contributed by atoms with van der Waals surface area (Å²) in [4.78, 5) is 0. The van der Waals surface area contributed by atoms with Gasteiger partial charge in [-0.1, -0.05) is 6.92 Å². The number of halogens is 20. The van der Waals surface area contributed by atoms with E-state index in [1.165, 1.54) is 0 Å². The fraction of sp³-hybridized carbons (Fsp3) is 1.00. The predicted molar refractivity (Wildman–Crippen MR) is 74.9 cm³/mol. The van der Waals surface area contributed by atoms with Gasteiger partial charge in [-0.25, -0.2) is 8.78 Å². The largest absolute Gasteiger partial charge is 0.462 e. The first-order valence-corrected chi connectivity index (χ1v) is 8.75. The van der Waals surface area contributed by atoms with Crippen LogP contribution in [0.1, 0.15) is 13.3 Å². The number of hydrogen-bond acceptors (Lipinski definition) is 4. The van der Waals surface area contributed by atoms with Gasteiger partial charge in [0.2, 0.25) is 0 Å². The van der Waals surface area contributed by atoms with Crippen molar-refractivity contribution in [2.45, 2.75) is 80.8 Å². The molecule has 0 aliphatic rings. The summed E-state index contributed by atoms with van der Waals surface area (Å²) in [7, 11) is 0. The lowest BCUT2D eigenvalue weighted by Gasteiger charge is -2.32. The lowest BCUT2D eigenvalue weighted by atomic mass is 10.3. The van der Waals surface area contributed by atoms with E-state index in [2.05, 4.69) is 18.9 Å². The molecule has 24 heteroatoms. The summed E-state index contributed by atoms with van der Waals surface area (Å²) in [6.07, 6.45) is -54.8. The standard InChI is InChI=1S/C14H10F20O4/c1-2-4(36-8(19,20)6(16)38-14(33,34)10(23,24)12(28,29)30)3-35-7(17,18)5(15)37-13(31,32)9(21,22)11(25,26)27/h4-6H,2-3H2,1H3. The third kappa shape index (κ3) is 7.99. The first-order chi connectivity index (χ1) is 16.4. The van der Waals surface area contributed by atoms with Crippen LogP contribution in [-0.4, -0.2) is 74.1 Å². The van der Waals surface area contributed by atoms with Gasteiger partial charge in [-0.15, -0.1) is 0 Å². The Kier molecular flexibility index (Phi) is 10.7. The van der Waals surface area contributed by atoms with E-state index in [1.54, 1.807) is 0 Å². The number of alkyl halides is 20. The molecule has 0 aliphatic carbocycles. The highest BCUT2D eigenvalue weighted by atomic mass is 19.4. The molecule has 0 aromatic heterocycles. The van der Waals surface area contributed by atoms with Crippen LogP contribution in [0.5, 0.6) is 0 Å². The summed E-state index contributed by atoms with van der Waals surface area (Å²) in [5, 5.41) is 0. The van der Waals surface area contributed by atoms with Crippen molar-refractivity contribution < 1.29 is 107 Å². The van der Waals surface area contributed by atoms with Crippen LogP contribution < -0.4 is 0 Å². The molecule has 0 rings (SSSR count). The van der Waals surface area contributed by atoms with Crippen molar-refractivity contribution >= 4 is 0 Å². The molecule has 0 heterocycles. The van der Waals surface area contributed by atoms with Crippen molar-refractivity contribution in [2.75, 3.05) is 6.61 Å². The molecule has 0 spiro atoms. The van der Waals surface area contributed by atoms with Gasteiger partial charge in [0.25, 0.3) is 12.7 Å². The molecule has 0 N–H and O–H groups in total. The van der Waals surface area contributed by atoms with E-state index in [1.807, 2.05) is 0 Å². The average molecular weight is 622 g/mol. The minimum atomic E-state index is -7.27. The predicted octanol–water partition coefficient (Wildman–Crippen LogP) is 7.19. The summed E-state index contributed by atoms with van der Waals surface area (Å²) >= 11 is 0. The Hall–Kier alpha value is -1.56. The molecule has 0 saturated carbocycles. The van der Waals surface area contributed by atoms with Gasteiger partial charge in [0.05, 0.1) is 12.7 Å². The van der Waals surface area contributed by atoms with Crippen LogP contribution in [0, 0.1) is 0 Å². The van der Waals surface area contributed by atoms with Crippen LogP contribution in [0.4, 0.5) is 87.8 Å². The minimum absolute atomic E-state index is 0.601. The Balaban J connectivity index is 5.44. The first-order valence-electron chi connectivity index (χ1n) is 8.75. The summed E-state index contributed by atoms with van der Waals surface area (Å²) in [5.41, 5.74) is 0. The maximum Gasteiger partial charge on any atom is 0.462 e. The molecule has 3 unspecified atom stereocenters. The van der Waals surface area contributed by atoms with Crippen molar-refractivity contribution in [1.29, 1.82) is 0 Å². The highest BCUT2D eigenvalue weighted by Gasteiger charge is 2.77. The molecule has 0 amide bonds. The Morgan fingerprint density at radius 2 is 0.816 bits per heavy atom. The van der Waals surface area contributed by atoms with Crippen LogP contribution in [0.2, 0.25) is 0 Å². The summed E-state index contributed by atoms with van der Waals surface area (Å²) < 4.78 is 264. The van der Waals surface area contributed by atoms with Crippen molar-refractivity contribution in [3.8, 4) is 0 Å². The van der Waals surface area contributed by atoms with Gasteiger partial charge in [0.1, 0.15) is 0 Å². The molecule has 0 radical (unpaired) electrons. The van der Waals surface area contributed by atoms with Gasteiger partial charge in [-0.3, -0.25) is 9.47 Å². The molecule has 3 atom stereocenters. The monoisotopic (exact) mass is 622 g/mol. The third-order valence-corrected chi connectivity index (χ3v) is 3.72. The minimum Gasteiger partial charge on any atom is -0.313 e. The average Bonchev–Trinajstić information content (AvgIpc) is 2.68. The normalized spacial score (nSPS) is 17.9. The van der Waals surface area contributed by atoms with Gasteiger partial charge < -0.3 is 9.47 Å². The highest BCUT2D eigenvalue weighted by molar-refractivity contribution is 4.86. The number of rotatable bonds is 14. The van der Waals surface area contributed by atoms with Crippen molar-refractivity contribution in [3.63, 3.8) is 0 Å². The van der Waals surface area contributed by atoms with Gasteiger partial charge in [-0.05, 0) is 6.42 Å². The van der Waals surface area contributed by atoms with Crippen molar-refractivity contribution in [3.05, 3.63) is 0 Å². The molecule has 38 heavy (non-hydrogen) atoms. The Morgan fingerprint density at radius 3 is 1.11 bits per heavy atom. The van der Waals surface area contributed by atoms with Gasteiger partial charge >= 0.3 is 48.6 Å². The molecule has 0 aromatic rings. The Morgan fingerprint density at radius 1 is 0.500 bits per heavy atom. The van der Waals surface area contributed by atoms with Gasteiger partial charge in [0, 0.05) is 0 Å². The van der Waals surface area contributed by atoms with E-state index in [0.717, 1.165) is 0 Å². The first kappa shape index (κ1) is 36.4. The summed E-state index contributed by atoms with van der Waals surface area (Å²) in [6, 6.07) is 0. The molecular formula is C14H10F20O4. The van der Waals surface area contributed by atoms with Crippen molar-refractivity contribution in [2.24, 2.45) is 0 Å². The number of hydrogen-bond donors (Lipinski definition) is 0. The van der Waals surface area contributed by atoms with E-state index in [9.17, 15) is 87.8 Å². The quantitative estimate of drug-likeness (QED) is 0.192. The second kappa shape index (κ2) is 11.1. The van der Waals surface area contributed by atoms with E-state index in [0.29, 0.717) is 6.92 Å². The van der Waals surface area contributed by atoms with E-state index in [-0.39, 0.29) is 0 Å². The van der Waals surface area contributed by atoms with Crippen LogP contribution in [0.3, 0.4) is 0 Å². The third-order valence-electron chi connectivity index (χ3n) is 3.72. The Labute approximate surface area is 195 Å². The maximum atomic E-state index is 13.5. The molecule has 4 nitrogen and oxygen atoms in total. The second-order valence-electron chi connectivity index (χ2n) is 6.63. The van der Waals surface area contributed by atoms with Crippen LogP contribution in [-0.2, 0) is 18.9 Å². The molecule has 0 aliphatic heterocycles. The zero-order valence-corrected chi connectivity index (χ0v) is 17.3. The fourth-order valence-corrected chi connectivity index (χ4v) is 1.66. The van der Waals surface area contributed by atoms with Crippen LogP contribution >= 0.6 is 0 Å². The van der Waals surface area contributed by atoms with Crippen LogP contribution in [0.25, 0.3) is 0 Å². The van der Waals surface area contributed by atoms with Crippen LogP contribution in [0.15, 0.2) is 0 Å². The summed E-state index contributed by atoms with van der Waals surface area (Å²) in [5.74, 6) is -14.5. The zero-order valence-electron chi connectivity index (χ0n) is 17.3. The summed E-state index contributed by atoms with van der Waals surface area (Å²) in [6.45, 7) is -1.70. The topological polar surface area (TPSA) is 36.9 Å². The number of ether oxygens (including phenoxy) is 4.